The fraction of sp³-hybridized carbons (Fsp3) is 0.900. The van der Waals surface area contributed by atoms with Gasteiger partial charge < -0.3 is 15.0 Å². The van der Waals surface area contributed by atoms with Crippen molar-refractivity contribution >= 4 is 11.8 Å². The molecule has 1 atom stereocenters. The van der Waals surface area contributed by atoms with Crippen LogP contribution in [0.3, 0.4) is 0 Å². The Labute approximate surface area is 157 Å². The Hall–Kier alpha value is -1.14. The normalized spacial score (nSPS) is 28.2. The third-order valence-electron chi connectivity index (χ3n) is 6.10. The SMILES string of the molecule is O=C1CC2CCCCN2CCCCN(C(=O)C2CCOCC2)CCCN1. The van der Waals surface area contributed by atoms with E-state index >= 15 is 0 Å². The predicted octanol–water partition coefficient (Wildman–Crippen LogP) is 1.79. The van der Waals surface area contributed by atoms with Crippen molar-refractivity contribution in [3.8, 4) is 0 Å². The number of hydrogen-bond acceptors (Lipinski definition) is 4. The zero-order valence-corrected chi connectivity index (χ0v) is 16.1. The highest BCUT2D eigenvalue weighted by Gasteiger charge is 2.27. The van der Waals surface area contributed by atoms with Gasteiger partial charge in [-0.3, -0.25) is 14.5 Å². The average molecular weight is 366 g/mol. The quantitative estimate of drug-likeness (QED) is 0.770. The zero-order chi connectivity index (χ0) is 18.2. The minimum atomic E-state index is 0.125. The summed E-state index contributed by atoms with van der Waals surface area (Å²) in [5.41, 5.74) is 0. The Morgan fingerprint density at radius 3 is 2.42 bits per heavy atom. The highest BCUT2D eigenvalue weighted by molar-refractivity contribution is 5.79. The molecule has 1 unspecified atom stereocenters. The fourth-order valence-electron chi connectivity index (χ4n) is 4.52. The predicted molar refractivity (Wildman–Crippen MR) is 101 cm³/mol. The van der Waals surface area contributed by atoms with Crippen molar-refractivity contribution in [2.75, 3.05) is 45.9 Å². The van der Waals surface area contributed by atoms with Gasteiger partial charge in [-0.1, -0.05) is 6.42 Å². The average Bonchev–Trinajstić information content (AvgIpc) is 2.69. The number of piperidine rings is 1. The summed E-state index contributed by atoms with van der Waals surface area (Å²) in [7, 11) is 0. The van der Waals surface area contributed by atoms with Gasteiger partial charge in [-0.05, 0) is 58.0 Å². The molecule has 0 radical (unpaired) electrons. The van der Waals surface area contributed by atoms with Crippen molar-refractivity contribution in [2.24, 2.45) is 5.92 Å². The number of ether oxygens (including phenoxy) is 1. The van der Waals surface area contributed by atoms with Crippen molar-refractivity contribution < 1.29 is 14.3 Å². The van der Waals surface area contributed by atoms with E-state index in [1.807, 2.05) is 4.90 Å². The van der Waals surface area contributed by atoms with Crippen LogP contribution in [0, 0.1) is 5.92 Å². The molecule has 0 aromatic rings. The summed E-state index contributed by atoms with van der Waals surface area (Å²) >= 11 is 0. The second kappa shape index (κ2) is 10.3. The minimum Gasteiger partial charge on any atom is -0.381 e. The summed E-state index contributed by atoms with van der Waals surface area (Å²) in [6.07, 6.45) is 8.95. The van der Waals surface area contributed by atoms with Gasteiger partial charge in [-0.2, -0.15) is 0 Å². The number of nitrogens with one attached hydrogen (secondary N) is 1. The molecule has 26 heavy (non-hydrogen) atoms. The largest absolute Gasteiger partial charge is 0.381 e. The van der Waals surface area contributed by atoms with E-state index in [9.17, 15) is 9.59 Å². The van der Waals surface area contributed by atoms with Crippen molar-refractivity contribution in [3.05, 3.63) is 0 Å². The van der Waals surface area contributed by atoms with Crippen LogP contribution < -0.4 is 5.32 Å². The Morgan fingerprint density at radius 2 is 1.62 bits per heavy atom. The van der Waals surface area contributed by atoms with E-state index in [-0.39, 0.29) is 11.8 Å². The van der Waals surface area contributed by atoms with E-state index in [1.165, 1.54) is 12.8 Å². The molecule has 3 heterocycles. The van der Waals surface area contributed by atoms with Gasteiger partial charge in [0, 0.05) is 51.2 Å². The van der Waals surface area contributed by atoms with Crippen molar-refractivity contribution in [1.82, 2.24) is 15.1 Å². The number of hydrogen-bond donors (Lipinski definition) is 1. The van der Waals surface area contributed by atoms with Gasteiger partial charge in [0.2, 0.25) is 11.8 Å². The lowest BCUT2D eigenvalue weighted by Gasteiger charge is -2.35. The smallest absolute Gasteiger partial charge is 0.225 e. The van der Waals surface area contributed by atoms with E-state index in [0.29, 0.717) is 38.1 Å². The molecule has 0 bridgehead atoms. The minimum absolute atomic E-state index is 0.125. The molecule has 3 saturated heterocycles. The molecule has 148 valence electrons. The molecule has 1 N–H and O–H groups in total. The summed E-state index contributed by atoms with van der Waals surface area (Å²) in [6.45, 7) is 5.85. The molecule has 0 aromatic heterocycles. The van der Waals surface area contributed by atoms with E-state index in [4.69, 9.17) is 4.74 Å². The van der Waals surface area contributed by atoms with Crippen LogP contribution in [0.4, 0.5) is 0 Å². The molecule has 2 amide bonds. The molecule has 0 saturated carbocycles. The Balaban J connectivity index is 1.57. The lowest BCUT2D eigenvalue weighted by molar-refractivity contribution is -0.138. The number of carbonyl (C=O) groups is 2. The third kappa shape index (κ3) is 5.68. The monoisotopic (exact) mass is 365 g/mol. The molecule has 0 spiro atoms. The first-order chi connectivity index (χ1) is 12.7. The number of amides is 2. The van der Waals surface area contributed by atoms with Crippen LogP contribution in [0.1, 0.15) is 57.8 Å². The van der Waals surface area contributed by atoms with Crippen molar-refractivity contribution in [1.29, 1.82) is 0 Å². The Kier molecular flexibility index (Phi) is 7.74. The molecule has 3 aliphatic rings. The van der Waals surface area contributed by atoms with E-state index < -0.39 is 0 Å². The molecule has 3 aliphatic heterocycles. The van der Waals surface area contributed by atoms with Crippen LogP contribution in [0.5, 0.6) is 0 Å². The molecular formula is C20H35N3O3. The van der Waals surface area contributed by atoms with Gasteiger partial charge in [0.15, 0.2) is 0 Å². The first-order valence-corrected chi connectivity index (χ1v) is 10.6. The van der Waals surface area contributed by atoms with Crippen LogP contribution in [-0.2, 0) is 14.3 Å². The number of fused-ring (bicyclic) bond motifs is 1. The molecule has 6 heteroatoms. The van der Waals surface area contributed by atoms with E-state index in [0.717, 1.165) is 64.7 Å². The second-order valence-electron chi connectivity index (χ2n) is 8.01. The summed E-state index contributed by atoms with van der Waals surface area (Å²) in [6, 6.07) is 0.407. The molecule has 0 aromatic carbocycles. The standard InChI is InChI=1S/C20H35N3O3/c24-19-16-18-6-1-2-10-22(18)11-3-4-12-23(13-5-9-21-19)20(25)17-7-14-26-15-8-17/h17-18H,1-16H2,(H,21,24). The Bertz CT molecular complexity index is 465. The van der Waals surface area contributed by atoms with Gasteiger partial charge in [0.05, 0.1) is 0 Å². The molecular weight excluding hydrogens is 330 g/mol. The fourth-order valence-corrected chi connectivity index (χ4v) is 4.52. The Morgan fingerprint density at radius 1 is 0.923 bits per heavy atom. The van der Waals surface area contributed by atoms with Crippen LogP contribution in [-0.4, -0.2) is 73.6 Å². The van der Waals surface area contributed by atoms with Crippen LogP contribution in [0.2, 0.25) is 0 Å². The number of rotatable bonds is 1. The highest BCUT2D eigenvalue weighted by Crippen LogP contribution is 2.21. The maximum Gasteiger partial charge on any atom is 0.225 e. The highest BCUT2D eigenvalue weighted by atomic mass is 16.5. The maximum atomic E-state index is 12.9. The van der Waals surface area contributed by atoms with Gasteiger partial charge in [-0.15, -0.1) is 0 Å². The van der Waals surface area contributed by atoms with Crippen LogP contribution >= 0.6 is 0 Å². The lowest BCUT2D eigenvalue weighted by atomic mass is 9.98. The van der Waals surface area contributed by atoms with Gasteiger partial charge in [-0.25, -0.2) is 0 Å². The van der Waals surface area contributed by atoms with Gasteiger partial charge in [0.25, 0.3) is 0 Å². The third-order valence-corrected chi connectivity index (χ3v) is 6.10. The summed E-state index contributed by atoms with van der Waals surface area (Å²) in [5.74, 6) is 0.592. The van der Waals surface area contributed by atoms with Gasteiger partial charge in [0.1, 0.15) is 0 Å². The molecule has 0 aliphatic carbocycles. The first kappa shape index (κ1) is 19.6. The van der Waals surface area contributed by atoms with Crippen LogP contribution in [0.25, 0.3) is 0 Å². The first-order valence-electron chi connectivity index (χ1n) is 10.6. The van der Waals surface area contributed by atoms with E-state index in [2.05, 4.69) is 10.2 Å². The summed E-state index contributed by atoms with van der Waals surface area (Å²) in [5, 5.41) is 3.07. The second-order valence-corrected chi connectivity index (χ2v) is 8.01. The number of nitrogens with zero attached hydrogens (tertiary/aromatic N) is 2. The molecule has 3 rings (SSSR count). The van der Waals surface area contributed by atoms with Crippen molar-refractivity contribution in [2.45, 2.75) is 63.8 Å². The summed E-state index contributed by atoms with van der Waals surface area (Å²) < 4.78 is 5.40. The summed E-state index contributed by atoms with van der Waals surface area (Å²) in [4.78, 5) is 29.7. The lowest BCUT2D eigenvalue weighted by Crippen LogP contribution is -2.43. The molecule has 3 fully saturated rings. The molecule has 6 nitrogen and oxygen atoms in total. The van der Waals surface area contributed by atoms with E-state index in [1.54, 1.807) is 0 Å². The topological polar surface area (TPSA) is 61.9 Å². The number of carbonyl (C=O) groups excluding carboxylic acids is 2. The van der Waals surface area contributed by atoms with Gasteiger partial charge >= 0.3 is 0 Å². The van der Waals surface area contributed by atoms with Crippen LogP contribution in [0.15, 0.2) is 0 Å². The van der Waals surface area contributed by atoms with Crippen molar-refractivity contribution in [3.63, 3.8) is 0 Å². The zero-order valence-electron chi connectivity index (χ0n) is 16.1. The maximum absolute atomic E-state index is 12.9.